The van der Waals surface area contributed by atoms with Crippen molar-refractivity contribution in [1.82, 2.24) is 10.6 Å². The van der Waals surface area contributed by atoms with E-state index in [4.69, 9.17) is 4.74 Å². The Balaban J connectivity index is 1.87. The second kappa shape index (κ2) is 25.6. The van der Waals surface area contributed by atoms with E-state index in [9.17, 15) is 24.6 Å². The summed E-state index contributed by atoms with van der Waals surface area (Å²) in [4.78, 5) is 35.7. The molecule has 0 aromatic rings. The molecule has 0 saturated heterocycles. The van der Waals surface area contributed by atoms with Gasteiger partial charge in [-0.3, -0.25) is 9.59 Å². The normalized spacial score (nSPS) is 16.1. The van der Waals surface area contributed by atoms with Crippen molar-refractivity contribution < 1.29 is 29.3 Å². The largest absolute Gasteiger partial charge is 0.455 e. The number of nitrogens with one attached hydrogen (secondary N) is 2. The second-order valence-electron chi connectivity index (χ2n) is 12.1. The molecule has 3 atom stereocenters. The minimum atomic E-state index is -0.988. The lowest BCUT2D eigenvalue weighted by molar-refractivity contribution is -0.139. The van der Waals surface area contributed by atoms with Gasteiger partial charge in [0, 0.05) is 18.7 Å². The third-order valence-corrected chi connectivity index (χ3v) is 8.05. The fraction of sp³-hybridized carbons (Fsp3) is 0.853. The van der Waals surface area contributed by atoms with Crippen LogP contribution in [0.4, 0.5) is 0 Å². The molecule has 0 aliphatic carbocycles. The molecule has 0 aromatic heterocycles. The quantitative estimate of drug-likeness (QED) is 0.0612. The molecule has 0 saturated carbocycles. The van der Waals surface area contributed by atoms with E-state index in [0.717, 1.165) is 63.4 Å². The lowest BCUT2D eigenvalue weighted by Gasteiger charge is -2.13. The monoisotopic (exact) mass is 594 g/mol. The summed E-state index contributed by atoms with van der Waals surface area (Å²) in [6.07, 6.45) is 22.9. The zero-order valence-corrected chi connectivity index (χ0v) is 26.8. The predicted molar refractivity (Wildman–Crippen MR) is 169 cm³/mol. The molecular formula is C34H62N2O6. The van der Waals surface area contributed by atoms with Gasteiger partial charge in [0.1, 0.15) is 18.3 Å². The SMILES string of the molecule is CCCCCCCCCC[C@H](O)C(=O)NCCCNC(=O)[C@@H](O)CCCCCCCCCCCCC1=C[C@H](C)OC1=O. The molecule has 1 heterocycles. The van der Waals surface area contributed by atoms with Crippen molar-refractivity contribution in [1.29, 1.82) is 0 Å². The number of hydrogen-bond acceptors (Lipinski definition) is 6. The molecule has 1 rings (SSSR count). The number of aliphatic hydroxyl groups is 2. The second-order valence-corrected chi connectivity index (χ2v) is 12.1. The van der Waals surface area contributed by atoms with Gasteiger partial charge in [0.15, 0.2) is 0 Å². The number of aliphatic hydroxyl groups excluding tert-OH is 2. The van der Waals surface area contributed by atoms with E-state index in [0.29, 0.717) is 32.4 Å². The predicted octanol–water partition coefficient (Wildman–Crippen LogP) is 6.41. The number of carbonyl (C=O) groups excluding carboxylic acids is 3. The molecule has 42 heavy (non-hydrogen) atoms. The van der Waals surface area contributed by atoms with Crippen LogP contribution in [0.15, 0.2) is 11.6 Å². The molecular weight excluding hydrogens is 532 g/mol. The van der Waals surface area contributed by atoms with Crippen molar-refractivity contribution in [2.75, 3.05) is 13.1 Å². The standard InChI is InChI=1S/C34H62N2O6/c1-3-4-5-6-7-13-16-19-23-30(37)32(39)35-25-21-26-36-33(40)31(38)24-20-17-14-11-9-8-10-12-15-18-22-29-27-28(2)42-34(29)41/h27-28,30-31,37-38H,3-26H2,1-2H3,(H,35,39)(H,36,40)/t28-,30-,31-/m0/s1. The molecule has 8 nitrogen and oxygen atoms in total. The van der Waals surface area contributed by atoms with E-state index in [1.807, 2.05) is 13.0 Å². The summed E-state index contributed by atoms with van der Waals surface area (Å²) in [5.74, 6) is -0.845. The Kier molecular flexibility index (Phi) is 23.2. The highest BCUT2D eigenvalue weighted by Crippen LogP contribution is 2.20. The van der Waals surface area contributed by atoms with Gasteiger partial charge in [-0.05, 0) is 45.1 Å². The van der Waals surface area contributed by atoms with Crippen LogP contribution < -0.4 is 10.6 Å². The number of hydrogen-bond donors (Lipinski definition) is 4. The molecule has 0 bridgehead atoms. The van der Waals surface area contributed by atoms with Crippen LogP contribution in [-0.2, 0) is 19.1 Å². The number of esters is 1. The number of ether oxygens (including phenoxy) is 1. The van der Waals surface area contributed by atoms with Gasteiger partial charge in [0.05, 0.1) is 0 Å². The van der Waals surface area contributed by atoms with Crippen molar-refractivity contribution in [3.8, 4) is 0 Å². The van der Waals surface area contributed by atoms with Gasteiger partial charge < -0.3 is 25.6 Å². The van der Waals surface area contributed by atoms with Crippen LogP contribution >= 0.6 is 0 Å². The summed E-state index contributed by atoms with van der Waals surface area (Å²) < 4.78 is 5.12. The van der Waals surface area contributed by atoms with E-state index < -0.39 is 12.2 Å². The zero-order valence-electron chi connectivity index (χ0n) is 26.8. The molecule has 0 radical (unpaired) electrons. The van der Waals surface area contributed by atoms with Gasteiger partial charge >= 0.3 is 5.97 Å². The van der Waals surface area contributed by atoms with Crippen LogP contribution in [0.2, 0.25) is 0 Å². The highest BCUT2D eigenvalue weighted by atomic mass is 16.5. The van der Waals surface area contributed by atoms with Crippen molar-refractivity contribution >= 4 is 17.8 Å². The molecule has 1 aliphatic rings. The number of amides is 2. The molecule has 0 unspecified atom stereocenters. The third kappa shape index (κ3) is 20.1. The van der Waals surface area contributed by atoms with Crippen LogP contribution in [0.5, 0.6) is 0 Å². The third-order valence-electron chi connectivity index (χ3n) is 8.05. The first kappa shape index (κ1) is 38.1. The van der Waals surface area contributed by atoms with Crippen LogP contribution in [0.25, 0.3) is 0 Å². The van der Waals surface area contributed by atoms with E-state index in [1.54, 1.807) is 0 Å². The maximum Gasteiger partial charge on any atom is 0.334 e. The number of carbonyl (C=O) groups is 3. The maximum atomic E-state index is 12.1. The molecule has 244 valence electrons. The smallest absolute Gasteiger partial charge is 0.334 e. The van der Waals surface area contributed by atoms with Gasteiger partial charge in [0.25, 0.3) is 0 Å². The van der Waals surface area contributed by atoms with Gasteiger partial charge in [-0.1, -0.05) is 116 Å². The number of cyclic esters (lactones) is 1. The topological polar surface area (TPSA) is 125 Å². The number of unbranched alkanes of at least 4 members (excludes halogenated alkanes) is 16. The first-order chi connectivity index (χ1) is 20.3. The Morgan fingerprint density at radius 2 is 1.10 bits per heavy atom. The average Bonchev–Trinajstić information content (AvgIpc) is 3.30. The summed E-state index contributed by atoms with van der Waals surface area (Å²) >= 11 is 0. The summed E-state index contributed by atoms with van der Waals surface area (Å²) in [6, 6.07) is 0. The van der Waals surface area contributed by atoms with E-state index in [1.165, 1.54) is 64.2 Å². The Morgan fingerprint density at radius 1 is 0.690 bits per heavy atom. The number of rotatable bonds is 28. The first-order valence-electron chi connectivity index (χ1n) is 17.2. The first-order valence-corrected chi connectivity index (χ1v) is 17.2. The zero-order chi connectivity index (χ0) is 30.8. The van der Waals surface area contributed by atoms with Crippen molar-refractivity contribution in [3.05, 3.63) is 11.6 Å². The van der Waals surface area contributed by atoms with Crippen molar-refractivity contribution in [2.45, 2.75) is 173 Å². The fourth-order valence-corrected chi connectivity index (χ4v) is 5.36. The molecule has 4 N–H and O–H groups in total. The van der Waals surface area contributed by atoms with Gasteiger partial charge in [0.2, 0.25) is 11.8 Å². The molecule has 0 spiro atoms. The van der Waals surface area contributed by atoms with Crippen LogP contribution in [0.1, 0.15) is 155 Å². The Morgan fingerprint density at radius 3 is 1.50 bits per heavy atom. The van der Waals surface area contributed by atoms with E-state index in [2.05, 4.69) is 17.6 Å². The minimum absolute atomic E-state index is 0.0689. The summed E-state index contributed by atoms with van der Waals surface area (Å²) in [7, 11) is 0. The van der Waals surface area contributed by atoms with E-state index >= 15 is 0 Å². The van der Waals surface area contributed by atoms with Crippen molar-refractivity contribution in [3.63, 3.8) is 0 Å². The lowest BCUT2D eigenvalue weighted by Crippen LogP contribution is -2.38. The molecule has 8 heteroatoms. The van der Waals surface area contributed by atoms with E-state index in [-0.39, 0.29) is 23.9 Å². The van der Waals surface area contributed by atoms with Crippen molar-refractivity contribution in [2.24, 2.45) is 0 Å². The van der Waals surface area contributed by atoms with Crippen LogP contribution in [-0.4, -0.2) is 59.4 Å². The summed E-state index contributed by atoms with van der Waals surface area (Å²) in [5, 5.41) is 25.6. The Hall–Kier alpha value is -1.93. The minimum Gasteiger partial charge on any atom is -0.455 e. The maximum absolute atomic E-state index is 12.1. The average molecular weight is 595 g/mol. The highest BCUT2D eigenvalue weighted by Gasteiger charge is 2.21. The van der Waals surface area contributed by atoms with Crippen LogP contribution in [0.3, 0.4) is 0 Å². The van der Waals surface area contributed by atoms with Gasteiger partial charge in [-0.2, -0.15) is 0 Å². The Labute approximate surface area is 255 Å². The van der Waals surface area contributed by atoms with Crippen LogP contribution in [0, 0.1) is 0 Å². The van der Waals surface area contributed by atoms with Gasteiger partial charge in [-0.25, -0.2) is 4.79 Å². The molecule has 2 amide bonds. The molecule has 0 fully saturated rings. The summed E-state index contributed by atoms with van der Waals surface area (Å²) in [5.41, 5.74) is 0.839. The highest BCUT2D eigenvalue weighted by molar-refractivity contribution is 5.90. The fourth-order valence-electron chi connectivity index (χ4n) is 5.36. The summed E-state index contributed by atoms with van der Waals surface area (Å²) in [6.45, 7) is 4.87. The molecule has 0 aromatic carbocycles. The van der Waals surface area contributed by atoms with Gasteiger partial charge in [-0.15, -0.1) is 0 Å². The molecule has 1 aliphatic heterocycles. The Bertz CT molecular complexity index is 756. The lowest BCUT2D eigenvalue weighted by atomic mass is 10.0.